The van der Waals surface area contributed by atoms with E-state index in [2.05, 4.69) is 15.3 Å². The van der Waals surface area contributed by atoms with Gasteiger partial charge in [0.1, 0.15) is 17.1 Å². The highest BCUT2D eigenvalue weighted by Gasteiger charge is 2.34. The molecule has 1 aromatic heterocycles. The van der Waals surface area contributed by atoms with Gasteiger partial charge in [-0.1, -0.05) is 17.8 Å². The van der Waals surface area contributed by atoms with E-state index in [1.807, 2.05) is 0 Å². The number of rotatable bonds is 8. The first-order chi connectivity index (χ1) is 13.3. The van der Waals surface area contributed by atoms with Crippen LogP contribution in [0.1, 0.15) is 35.3 Å². The number of thioether (sulfide) groups is 1. The minimum absolute atomic E-state index is 0.0206. The lowest BCUT2D eigenvalue weighted by Gasteiger charge is -2.15. The minimum atomic E-state index is -4.54. The van der Waals surface area contributed by atoms with Gasteiger partial charge < -0.3 is 14.8 Å². The van der Waals surface area contributed by atoms with Gasteiger partial charge in [0, 0.05) is 12.7 Å². The van der Waals surface area contributed by atoms with Crippen LogP contribution in [-0.2, 0) is 17.5 Å². The van der Waals surface area contributed by atoms with E-state index in [1.54, 1.807) is 20.1 Å². The van der Waals surface area contributed by atoms with Crippen LogP contribution in [0.25, 0.3) is 0 Å². The Labute approximate surface area is 164 Å². The third-order valence-corrected chi connectivity index (χ3v) is 4.12. The number of halogens is 3. The van der Waals surface area contributed by atoms with Crippen molar-refractivity contribution in [2.45, 2.75) is 31.7 Å². The molecule has 0 saturated carbocycles. The summed E-state index contributed by atoms with van der Waals surface area (Å²) in [5.74, 6) is -0.641. The van der Waals surface area contributed by atoms with Gasteiger partial charge in [-0.3, -0.25) is 0 Å². The fraction of sp³-hybridized carbons (Fsp3) is 0.389. The fourth-order valence-corrected chi connectivity index (χ4v) is 2.67. The van der Waals surface area contributed by atoms with Gasteiger partial charge in [-0.15, -0.1) is 0 Å². The molecule has 1 heterocycles. The zero-order chi connectivity index (χ0) is 20.7. The Morgan fingerprint density at radius 2 is 2.00 bits per heavy atom. The molecule has 1 N–H and O–H groups in total. The van der Waals surface area contributed by atoms with Crippen molar-refractivity contribution in [1.29, 1.82) is 0 Å². The molecule has 0 saturated heterocycles. The van der Waals surface area contributed by atoms with E-state index >= 15 is 0 Å². The van der Waals surface area contributed by atoms with Crippen LogP contribution in [0, 0.1) is 0 Å². The molecule has 2 aromatic rings. The second kappa shape index (κ2) is 9.63. The highest BCUT2D eigenvalue weighted by atomic mass is 32.2. The van der Waals surface area contributed by atoms with Crippen molar-refractivity contribution in [3.63, 3.8) is 0 Å². The van der Waals surface area contributed by atoms with Crippen molar-refractivity contribution in [2.24, 2.45) is 0 Å². The SMILES string of the molecule is CCOC(=O)c1cnc(SC)nc1NCc1ccc(OCC)c(C(F)(F)F)c1. The van der Waals surface area contributed by atoms with Gasteiger partial charge in [0.25, 0.3) is 0 Å². The summed E-state index contributed by atoms with van der Waals surface area (Å²) >= 11 is 1.27. The molecular weight excluding hydrogens is 395 g/mol. The molecule has 0 fully saturated rings. The largest absolute Gasteiger partial charge is 0.493 e. The molecule has 2 rings (SSSR count). The summed E-state index contributed by atoms with van der Waals surface area (Å²) in [6.45, 7) is 3.61. The highest BCUT2D eigenvalue weighted by molar-refractivity contribution is 7.98. The number of nitrogens with one attached hydrogen (secondary N) is 1. The molecule has 0 bridgehead atoms. The topological polar surface area (TPSA) is 73.3 Å². The third kappa shape index (κ3) is 5.51. The number of alkyl halides is 3. The second-order valence-electron chi connectivity index (χ2n) is 5.45. The molecule has 0 atom stereocenters. The first-order valence-electron chi connectivity index (χ1n) is 8.45. The van der Waals surface area contributed by atoms with Crippen molar-refractivity contribution in [3.8, 4) is 5.75 Å². The van der Waals surface area contributed by atoms with E-state index < -0.39 is 17.7 Å². The number of carbonyl (C=O) groups is 1. The Hall–Kier alpha value is -2.49. The summed E-state index contributed by atoms with van der Waals surface area (Å²) in [6.07, 6.45) is -1.44. The Balaban J connectivity index is 2.29. The molecule has 10 heteroatoms. The first-order valence-corrected chi connectivity index (χ1v) is 9.67. The fourth-order valence-electron chi connectivity index (χ4n) is 2.33. The van der Waals surface area contributed by atoms with Crippen LogP contribution < -0.4 is 10.1 Å². The van der Waals surface area contributed by atoms with Gasteiger partial charge in [0.15, 0.2) is 5.16 Å². The van der Waals surface area contributed by atoms with E-state index in [9.17, 15) is 18.0 Å². The number of carbonyl (C=O) groups excluding carboxylic acids is 1. The van der Waals surface area contributed by atoms with Crippen LogP contribution >= 0.6 is 11.8 Å². The van der Waals surface area contributed by atoms with Gasteiger partial charge in [-0.05, 0) is 37.8 Å². The zero-order valence-corrected chi connectivity index (χ0v) is 16.4. The monoisotopic (exact) mass is 415 g/mol. The van der Waals surface area contributed by atoms with Crippen LogP contribution in [-0.4, -0.2) is 35.4 Å². The Morgan fingerprint density at radius 3 is 2.61 bits per heavy atom. The van der Waals surface area contributed by atoms with Gasteiger partial charge in [-0.25, -0.2) is 14.8 Å². The molecule has 28 heavy (non-hydrogen) atoms. The Kier molecular flexibility index (Phi) is 7.50. The summed E-state index contributed by atoms with van der Waals surface area (Å²) in [5.41, 5.74) is -0.386. The van der Waals surface area contributed by atoms with E-state index in [4.69, 9.17) is 9.47 Å². The smallest absolute Gasteiger partial charge is 0.419 e. The van der Waals surface area contributed by atoms with Gasteiger partial charge in [0.05, 0.1) is 18.8 Å². The third-order valence-electron chi connectivity index (χ3n) is 3.55. The predicted molar refractivity (Wildman–Crippen MR) is 99.7 cm³/mol. The second-order valence-corrected chi connectivity index (χ2v) is 6.23. The number of aromatic nitrogens is 2. The lowest BCUT2D eigenvalue weighted by atomic mass is 10.1. The Bertz CT molecular complexity index is 831. The van der Waals surface area contributed by atoms with Gasteiger partial charge in [-0.2, -0.15) is 13.2 Å². The minimum Gasteiger partial charge on any atom is -0.493 e. The van der Waals surface area contributed by atoms with Crippen molar-refractivity contribution in [3.05, 3.63) is 41.1 Å². The maximum Gasteiger partial charge on any atom is 0.419 e. The molecule has 0 amide bonds. The number of nitrogens with zero attached hydrogens (tertiary/aromatic N) is 2. The van der Waals surface area contributed by atoms with Crippen molar-refractivity contribution in [1.82, 2.24) is 9.97 Å². The molecule has 6 nitrogen and oxygen atoms in total. The summed E-state index contributed by atoms with van der Waals surface area (Å²) < 4.78 is 49.9. The molecule has 0 aliphatic rings. The van der Waals surface area contributed by atoms with Crippen LogP contribution in [0.4, 0.5) is 19.0 Å². The number of ether oxygens (including phenoxy) is 2. The predicted octanol–water partition coefficient (Wildman–Crippen LogP) is 4.40. The average Bonchev–Trinajstić information content (AvgIpc) is 2.66. The molecule has 0 aliphatic carbocycles. The molecule has 0 radical (unpaired) electrons. The van der Waals surface area contributed by atoms with E-state index in [-0.39, 0.29) is 36.9 Å². The van der Waals surface area contributed by atoms with E-state index in [0.717, 1.165) is 6.07 Å². The highest BCUT2D eigenvalue weighted by Crippen LogP contribution is 2.37. The lowest BCUT2D eigenvalue weighted by Crippen LogP contribution is -2.14. The van der Waals surface area contributed by atoms with Crippen LogP contribution in [0.2, 0.25) is 0 Å². The summed E-state index contributed by atoms with van der Waals surface area (Å²) in [5, 5.41) is 3.32. The molecule has 0 spiro atoms. The summed E-state index contributed by atoms with van der Waals surface area (Å²) in [7, 11) is 0. The van der Waals surface area contributed by atoms with Crippen molar-refractivity contribution in [2.75, 3.05) is 24.8 Å². The maximum absolute atomic E-state index is 13.3. The first kappa shape index (κ1) is 21.8. The van der Waals surface area contributed by atoms with Gasteiger partial charge in [0.2, 0.25) is 0 Å². The Morgan fingerprint density at radius 1 is 1.25 bits per heavy atom. The van der Waals surface area contributed by atoms with Crippen molar-refractivity contribution < 1.29 is 27.4 Å². The number of hydrogen-bond acceptors (Lipinski definition) is 7. The molecular formula is C18H20F3N3O3S. The number of hydrogen-bond donors (Lipinski definition) is 1. The summed E-state index contributed by atoms with van der Waals surface area (Å²) in [4.78, 5) is 20.3. The van der Waals surface area contributed by atoms with Crippen LogP contribution in [0.3, 0.4) is 0 Å². The number of anilines is 1. The zero-order valence-electron chi connectivity index (χ0n) is 15.6. The molecule has 0 unspecified atom stereocenters. The standard InChI is InChI=1S/C18H20F3N3O3S/c1-4-26-14-7-6-11(8-13(14)18(19,20)21)9-22-15-12(16(25)27-5-2)10-23-17(24-15)28-3/h6-8,10H,4-5,9H2,1-3H3,(H,22,23,24). The average molecular weight is 415 g/mol. The normalized spacial score (nSPS) is 11.2. The maximum atomic E-state index is 13.3. The molecule has 1 aromatic carbocycles. The van der Waals surface area contributed by atoms with Crippen molar-refractivity contribution >= 4 is 23.5 Å². The molecule has 0 aliphatic heterocycles. The van der Waals surface area contributed by atoms with Crippen LogP contribution in [0.5, 0.6) is 5.75 Å². The number of benzene rings is 1. The van der Waals surface area contributed by atoms with E-state index in [1.165, 1.54) is 30.1 Å². The quantitative estimate of drug-likeness (QED) is 0.389. The lowest BCUT2D eigenvalue weighted by molar-refractivity contribution is -0.139. The van der Waals surface area contributed by atoms with Crippen LogP contribution in [0.15, 0.2) is 29.6 Å². The van der Waals surface area contributed by atoms with E-state index in [0.29, 0.717) is 10.7 Å². The summed E-state index contributed by atoms with van der Waals surface area (Å²) in [6, 6.07) is 3.82. The van der Waals surface area contributed by atoms with Gasteiger partial charge >= 0.3 is 12.1 Å². The molecule has 152 valence electrons. The number of esters is 1.